The van der Waals surface area contributed by atoms with Crippen LogP contribution in [0.4, 0.5) is 0 Å². The number of amides is 2. The van der Waals surface area contributed by atoms with Crippen LogP contribution in [0, 0.1) is 23.7 Å². The lowest BCUT2D eigenvalue weighted by molar-refractivity contribution is -0.133. The fourth-order valence-corrected chi connectivity index (χ4v) is 5.57. The Balaban J connectivity index is 1.24. The summed E-state index contributed by atoms with van der Waals surface area (Å²) in [7, 11) is 7.54. The molecule has 0 spiro atoms. The maximum atomic E-state index is 12.8. The summed E-state index contributed by atoms with van der Waals surface area (Å²) in [5.41, 5.74) is 4.02. The van der Waals surface area contributed by atoms with E-state index < -0.39 is 6.04 Å². The molecule has 250 valence electrons. The summed E-state index contributed by atoms with van der Waals surface area (Å²) >= 11 is 0. The van der Waals surface area contributed by atoms with Gasteiger partial charge in [-0.3, -0.25) is 14.5 Å². The van der Waals surface area contributed by atoms with E-state index in [1.54, 1.807) is 30.6 Å². The molecule has 4 rings (SSSR count). The molecule has 3 heterocycles. The third-order valence-corrected chi connectivity index (χ3v) is 7.90. The third-order valence-electron chi connectivity index (χ3n) is 7.90. The van der Waals surface area contributed by atoms with E-state index in [2.05, 4.69) is 62.1 Å². The number of hydrogen-bond acceptors (Lipinski definition) is 6. The molecule has 2 atom stereocenters. The van der Waals surface area contributed by atoms with E-state index in [1.807, 2.05) is 67.2 Å². The molecule has 2 amide bonds. The molecular formula is C38H46N8O2. The molecule has 1 aliphatic rings. The van der Waals surface area contributed by atoms with Crippen LogP contribution in [0.15, 0.2) is 73.6 Å². The first-order chi connectivity index (χ1) is 23.2. The van der Waals surface area contributed by atoms with Crippen molar-refractivity contribution in [3.05, 3.63) is 108 Å². The number of allylic oxidation sites excluding steroid dienone is 2. The summed E-state index contributed by atoms with van der Waals surface area (Å²) in [5, 5.41) is 3.03. The van der Waals surface area contributed by atoms with Gasteiger partial charge in [0.05, 0.1) is 25.0 Å². The minimum absolute atomic E-state index is 0.0328. The van der Waals surface area contributed by atoms with Crippen molar-refractivity contribution in [2.75, 3.05) is 47.8 Å². The van der Waals surface area contributed by atoms with Gasteiger partial charge < -0.3 is 25.1 Å². The van der Waals surface area contributed by atoms with Crippen LogP contribution in [0.25, 0.3) is 0 Å². The quantitative estimate of drug-likeness (QED) is 0.148. The van der Waals surface area contributed by atoms with Crippen molar-refractivity contribution in [2.24, 2.45) is 0 Å². The molecule has 1 aliphatic heterocycles. The van der Waals surface area contributed by atoms with Crippen LogP contribution >= 0.6 is 0 Å². The van der Waals surface area contributed by atoms with E-state index in [0.717, 1.165) is 78.4 Å². The molecule has 2 unspecified atom stereocenters. The summed E-state index contributed by atoms with van der Waals surface area (Å²) < 4.78 is 0. The normalized spacial score (nSPS) is 15.0. The maximum Gasteiger partial charge on any atom is 0.241 e. The van der Waals surface area contributed by atoms with E-state index in [-0.39, 0.29) is 17.9 Å². The van der Waals surface area contributed by atoms with E-state index in [9.17, 15) is 9.59 Å². The highest BCUT2D eigenvalue weighted by Gasteiger charge is 2.31. The zero-order chi connectivity index (χ0) is 34.5. The lowest BCUT2D eigenvalue weighted by atomic mass is 10.0. The van der Waals surface area contributed by atoms with Crippen molar-refractivity contribution in [3.8, 4) is 23.7 Å². The van der Waals surface area contributed by atoms with Crippen LogP contribution in [-0.2, 0) is 16.0 Å². The van der Waals surface area contributed by atoms with Crippen molar-refractivity contribution in [1.29, 1.82) is 0 Å². The minimum atomic E-state index is -0.410. The second-order valence-electron chi connectivity index (χ2n) is 12.2. The van der Waals surface area contributed by atoms with Gasteiger partial charge in [-0.1, -0.05) is 43.2 Å². The maximum absolute atomic E-state index is 12.8. The Morgan fingerprint density at radius 1 is 1.00 bits per heavy atom. The number of carbonyl (C=O) groups is 2. The van der Waals surface area contributed by atoms with Gasteiger partial charge in [-0.05, 0) is 95.6 Å². The molecule has 0 aliphatic carbocycles. The lowest BCUT2D eigenvalue weighted by Crippen LogP contribution is -2.44. The van der Waals surface area contributed by atoms with Gasteiger partial charge in [0.15, 0.2) is 0 Å². The Morgan fingerprint density at radius 2 is 1.67 bits per heavy atom. The number of likely N-dealkylation sites (N-methyl/N-ethyl adjacent to an activating group) is 2. The highest BCUT2D eigenvalue weighted by atomic mass is 16.2. The SMILES string of the molecule is C=C/C=C(\C=C)C(C(=O)NCCCCc1ncc(C#Cc2ccc(C#Cc3cnc(C4CCCN4C(=O)CN(C)C)[nH]3)cc2)[nH]1)N(C)C. The number of nitrogens with zero attached hydrogens (tertiary/aromatic N) is 5. The van der Waals surface area contributed by atoms with E-state index in [4.69, 9.17) is 0 Å². The lowest BCUT2D eigenvalue weighted by Gasteiger charge is -2.24. The van der Waals surface area contributed by atoms with E-state index in [0.29, 0.717) is 13.1 Å². The molecule has 0 radical (unpaired) electrons. The Hall–Kier alpha value is -5.16. The predicted molar refractivity (Wildman–Crippen MR) is 190 cm³/mol. The predicted octanol–water partition coefficient (Wildman–Crippen LogP) is 3.83. The second-order valence-corrected chi connectivity index (χ2v) is 12.2. The number of aromatic amines is 2. The van der Waals surface area contributed by atoms with Gasteiger partial charge in [-0.25, -0.2) is 9.97 Å². The Kier molecular flexibility index (Phi) is 13.1. The summed E-state index contributed by atoms with van der Waals surface area (Å²) in [4.78, 5) is 46.6. The van der Waals surface area contributed by atoms with Gasteiger partial charge in [0.1, 0.15) is 29.1 Å². The Morgan fingerprint density at radius 3 is 2.29 bits per heavy atom. The number of aromatic nitrogens is 4. The largest absolute Gasteiger partial charge is 0.354 e. The van der Waals surface area contributed by atoms with E-state index >= 15 is 0 Å². The fraction of sp³-hybridized carbons (Fsp3) is 0.368. The monoisotopic (exact) mass is 646 g/mol. The van der Waals surface area contributed by atoms with Gasteiger partial charge >= 0.3 is 0 Å². The van der Waals surface area contributed by atoms with Gasteiger partial charge in [0.2, 0.25) is 11.8 Å². The molecule has 0 bridgehead atoms. The van der Waals surface area contributed by atoms with E-state index in [1.165, 1.54) is 0 Å². The van der Waals surface area contributed by atoms with Gasteiger partial charge in [-0.15, -0.1) is 0 Å². The first kappa shape index (κ1) is 35.7. The number of benzene rings is 1. The van der Waals surface area contributed by atoms with Crippen LogP contribution in [0.3, 0.4) is 0 Å². The molecule has 0 saturated carbocycles. The van der Waals surface area contributed by atoms with Crippen LogP contribution < -0.4 is 5.32 Å². The first-order valence-corrected chi connectivity index (χ1v) is 16.2. The molecule has 1 saturated heterocycles. The molecule has 3 aromatic rings. The average molecular weight is 647 g/mol. The van der Waals surface area contributed by atoms with Gasteiger partial charge in [0, 0.05) is 30.6 Å². The number of aryl methyl sites for hydroxylation is 1. The number of rotatable bonds is 13. The molecule has 2 aromatic heterocycles. The topological polar surface area (TPSA) is 113 Å². The molecule has 3 N–H and O–H groups in total. The molecule has 10 nitrogen and oxygen atoms in total. The van der Waals surface area contributed by atoms with Crippen LogP contribution in [0.1, 0.15) is 65.9 Å². The minimum Gasteiger partial charge on any atom is -0.354 e. The van der Waals surface area contributed by atoms with Crippen LogP contribution in [0.5, 0.6) is 0 Å². The Bertz CT molecular complexity index is 1720. The molecule has 1 aromatic carbocycles. The van der Waals surface area contributed by atoms with Crippen molar-refractivity contribution in [1.82, 2.24) is 40.0 Å². The first-order valence-electron chi connectivity index (χ1n) is 16.2. The summed E-state index contributed by atoms with van der Waals surface area (Å²) in [5.74, 6) is 14.4. The van der Waals surface area contributed by atoms with Crippen molar-refractivity contribution >= 4 is 11.8 Å². The number of hydrogen-bond donors (Lipinski definition) is 3. The number of imidazole rings is 2. The number of likely N-dealkylation sites (tertiary alicyclic amines) is 1. The molecular weight excluding hydrogens is 600 g/mol. The highest BCUT2D eigenvalue weighted by molar-refractivity contribution is 5.85. The summed E-state index contributed by atoms with van der Waals surface area (Å²) in [6.07, 6.45) is 13.0. The van der Waals surface area contributed by atoms with Gasteiger partial charge in [0.25, 0.3) is 0 Å². The highest BCUT2D eigenvalue weighted by Crippen LogP contribution is 2.30. The van der Waals surface area contributed by atoms with Crippen molar-refractivity contribution < 1.29 is 9.59 Å². The summed E-state index contributed by atoms with van der Waals surface area (Å²) in [6.45, 7) is 9.27. The smallest absolute Gasteiger partial charge is 0.241 e. The summed E-state index contributed by atoms with van der Waals surface area (Å²) in [6, 6.07) is 7.33. The molecule has 1 fully saturated rings. The Labute approximate surface area is 284 Å². The van der Waals surface area contributed by atoms with Crippen molar-refractivity contribution in [2.45, 2.75) is 44.2 Å². The zero-order valence-electron chi connectivity index (χ0n) is 28.5. The number of unbranched alkanes of at least 4 members (excludes halogenated alkanes) is 1. The molecule has 10 heteroatoms. The zero-order valence-corrected chi connectivity index (χ0v) is 28.5. The van der Waals surface area contributed by atoms with Crippen LogP contribution in [0.2, 0.25) is 0 Å². The standard InChI is InChI=1S/C38H46N8O2/c1-7-12-30(8-2)36(45(5)6)38(48)39-23-10-9-14-34-40-25-31(42-34)21-19-28-15-17-29(18-16-28)20-22-32-26-41-37(43-32)33-13-11-24-46(33)35(47)27-44(3)4/h7-8,12,15-18,25-26,33,36H,1-2,9-11,13-14,23-24,27H2,3-6H3,(H,39,48)(H,40,42)(H,41,43)/b30-12+. The fourth-order valence-electron chi connectivity index (χ4n) is 5.57. The average Bonchev–Trinajstić information content (AvgIpc) is 3.84. The molecule has 48 heavy (non-hydrogen) atoms. The van der Waals surface area contributed by atoms with Crippen LogP contribution in [-0.4, -0.2) is 100 Å². The second kappa shape index (κ2) is 17.7. The third kappa shape index (κ3) is 10.2. The number of nitrogens with one attached hydrogen (secondary N) is 3. The van der Waals surface area contributed by atoms with Gasteiger partial charge in [-0.2, -0.15) is 0 Å². The van der Waals surface area contributed by atoms with Crippen molar-refractivity contribution in [3.63, 3.8) is 0 Å². The number of H-pyrrole nitrogens is 2. The number of carbonyl (C=O) groups excluding carboxylic acids is 2.